The molecule has 0 bridgehead atoms. The van der Waals surface area contributed by atoms with E-state index < -0.39 is 86.8 Å². The van der Waals surface area contributed by atoms with Gasteiger partial charge in [0.05, 0.1) is 32.0 Å². The lowest BCUT2D eigenvalue weighted by Gasteiger charge is -2.46. The standard InChI is InChI=1S/C55H105NO13/c1-3-5-7-9-11-13-15-17-19-21-22-23-24-26-28-30-32-34-36-38-44(59)43(56-47(60)39-37-35-33-31-29-27-25-20-18-16-14-12-10-8-6-4-2)42-66-54-52(65)50(63)53(46(41-58)68-54)69-55-51(64)49(62)48(61)45(40-57)67-55/h20,25,43-46,48-55,57-59,61-65H,3-19,21-24,26-42H2,1-2H3,(H,56,60)/b25-20-. The molecule has 0 aromatic carbocycles. The van der Waals surface area contributed by atoms with E-state index in [0.717, 1.165) is 64.2 Å². The van der Waals surface area contributed by atoms with E-state index in [0.29, 0.717) is 19.3 Å². The van der Waals surface area contributed by atoms with Crippen LogP contribution in [-0.4, -0.2) is 140 Å². The molecule has 0 saturated carbocycles. The fraction of sp³-hybridized carbons (Fsp3) is 0.945. The highest BCUT2D eigenvalue weighted by Crippen LogP contribution is 2.30. The van der Waals surface area contributed by atoms with Crippen molar-refractivity contribution in [2.75, 3.05) is 19.8 Å². The fourth-order valence-electron chi connectivity index (χ4n) is 9.59. The van der Waals surface area contributed by atoms with Crippen molar-refractivity contribution >= 4 is 5.91 Å². The second kappa shape index (κ2) is 42.1. The summed E-state index contributed by atoms with van der Waals surface area (Å²) in [7, 11) is 0. The molecule has 14 nitrogen and oxygen atoms in total. The second-order valence-corrected chi connectivity index (χ2v) is 20.4. The zero-order valence-electron chi connectivity index (χ0n) is 43.6. The van der Waals surface area contributed by atoms with Crippen molar-refractivity contribution < 1.29 is 64.6 Å². The van der Waals surface area contributed by atoms with Crippen LogP contribution in [0.4, 0.5) is 0 Å². The minimum Gasteiger partial charge on any atom is -0.394 e. The van der Waals surface area contributed by atoms with Crippen LogP contribution in [0.1, 0.15) is 239 Å². The molecule has 2 heterocycles. The summed E-state index contributed by atoms with van der Waals surface area (Å²) in [6.45, 7) is 2.87. The molecule has 1 amide bonds. The lowest BCUT2D eigenvalue weighted by atomic mass is 9.97. The maximum atomic E-state index is 13.2. The highest BCUT2D eigenvalue weighted by atomic mass is 16.7. The topological polar surface area (TPSA) is 228 Å². The predicted octanol–water partition coefficient (Wildman–Crippen LogP) is 8.72. The highest BCUT2D eigenvalue weighted by molar-refractivity contribution is 5.76. The van der Waals surface area contributed by atoms with Gasteiger partial charge in [-0.3, -0.25) is 4.79 Å². The zero-order valence-corrected chi connectivity index (χ0v) is 43.6. The van der Waals surface area contributed by atoms with Crippen LogP contribution in [-0.2, 0) is 23.7 Å². The Kier molecular flexibility index (Phi) is 39.0. The van der Waals surface area contributed by atoms with E-state index in [1.807, 2.05) is 0 Å². The van der Waals surface area contributed by atoms with Gasteiger partial charge in [-0.2, -0.15) is 0 Å². The largest absolute Gasteiger partial charge is 0.394 e. The Morgan fingerprint density at radius 2 is 0.913 bits per heavy atom. The molecule has 9 N–H and O–H groups in total. The molecule has 2 saturated heterocycles. The number of aliphatic hydroxyl groups excluding tert-OH is 8. The van der Waals surface area contributed by atoms with Gasteiger partial charge in [-0.15, -0.1) is 0 Å². The summed E-state index contributed by atoms with van der Waals surface area (Å²) in [5.41, 5.74) is 0. The van der Waals surface area contributed by atoms with E-state index in [1.165, 1.54) is 141 Å². The number of unbranched alkanes of at least 4 members (excludes halogenated alkanes) is 30. The molecular weight excluding hydrogens is 883 g/mol. The van der Waals surface area contributed by atoms with Gasteiger partial charge in [0.2, 0.25) is 5.91 Å². The van der Waals surface area contributed by atoms with Crippen LogP contribution in [0.2, 0.25) is 0 Å². The van der Waals surface area contributed by atoms with E-state index in [9.17, 15) is 45.6 Å². The third-order valence-corrected chi connectivity index (χ3v) is 14.2. The zero-order chi connectivity index (χ0) is 50.3. The van der Waals surface area contributed by atoms with Crippen molar-refractivity contribution in [3.8, 4) is 0 Å². The third kappa shape index (κ3) is 28.7. The molecule has 0 radical (unpaired) electrons. The summed E-state index contributed by atoms with van der Waals surface area (Å²) in [5.74, 6) is -0.213. The number of hydrogen-bond acceptors (Lipinski definition) is 13. The molecular formula is C55H105NO13. The molecule has 12 atom stereocenters. The minimum absolute atomic E-state index is 0.213. The smallest absolute Gasteiger partial charge is 0.220 e. The molecule has 14 heteroatoms. The summed E-state index contributed by atoms with van der Waals surface area (Å²) in [5, 5.41) is 87.1. The van der Waals surface area contributed by atoms with Crippen LogP contribution in [0.25, 0.3) is 0 Å². The molecule has 408 valence electrons. The molecule has 2 aliphatic heterocycles. The van der Waals surface area contributed by atoms with Crippen molar-refractivity contribution in [2.24, 2.45) is 0 Å². The van der Waals surface area contributed by atoms with Gasteiger partial charge < -0.3 is 65.1 Å². The van der Waals surface area contributed by atoms with E-state index in [-0.39, 0.29) is 12.5 Å². The van der Waals surface area contributed by atoms with Gasteiger partial charge in [-0.05, 0) is 38.5 Å². The Balaban J connectivity index is 1.79. The van der Waals surface area contributed by atoms with E-state index in [4.69, 9.17) is 18.9 Å². The monoisotopic (exact) mass is 988 g/mol. The number of carbonyl (C=O) groups is 1. The van der Waals surface area contributed by atoms with E-state index in [2.05, 4.69) is 31.3 Å². The summed E-state index contributed by atoms with van der Waals surface area (Å²) in [4.78, 5) is 13.2. The van der Waals surface area contributed by atoms with Crippen LogP contribution in [0.15, 0.2) is 12.2 Å². The predicted molar refractivity (Wildman–Crippen MR) is 272 cm³/mol. The summed E-state index contributed by atoms with van der Waals surface area (Å²) >= 11 is 0. The van der Waals surface area contributed by atoms with Crippen LogP contribution in [0, 0.1) is 0 Å². The number of aliphatic hydroxyl groups is 8. The molecule has 0 aliphatic carbocycles. The van der Waals surface area contributed by atoms with Gasteiger partial charge in [0.1, 0.15) is 48.8 Å². The van der Waals surface area contributed by atoms with Gasteiger partial charge in [-0.25, -0.2) is 0 Å². The first-order valence-electron chi connectivity index (χ1n) is 28.4. The SMILES string of the molecule is CCCCCCCCC/C=C\CCCCCCCC(=O)NC(COC1OC(CO)C(OC2OC(CO)C(O)C(O)C2O)C(O)C1O)C(O)CCCCCCCCCCCCCCCCCCCCC. The molecule has 2 rings (SSSR count). The second-order valence-electron chi connectivity index (χ2n) is 20.4. The molecule has 0 spiro atoms. The molecule has 2 aliphatic rings. The van der Waals surface area contributed by atoms with Crippen LogP contribution in [0.3, 0.4) is 0 Å². The fourth-order valence-corrected chi connectivity index (χ4v) is 9.59. The third-order valence-electron chi connectivity index (χ3n) is 14.2. The van der Waals surface area contributed by atoms with Gasteiger partial charge >= 0.3 is 0 Å². The quantitative estimate of drug-likeness (QED) is 0.0206. The van der Waals surface area contributed by atoms with Gasteiger partial charge in [0, 0.05) is 6.42 Å². The summed E-state index contributed by atoms with van der Waals surface area (Å²) in [6.07, 6.45) is 29.2. The average Bonchev–Trinajstić information content (AvgIpc) is 3.35. The van der Waals surface area contributed by atoms with E-state index >= 15 is 0 Å². The number of carbonyl (C=O) groups excluding carboxylic acids is 1. The lowest BCUT2D eigenvalue weighted by Crippen LogP contribution is -2.65. The molecule has 12 unspecified atom stereocenters. The van der Waals surface area contributed by atoms with Crippen LogP contribution in [0.5, 0.6) is 0 Å². The average molecular weight is 988 g/mol. The van der Waals surface area contributed by atoms with Crippen molar-refractivity contribution in [2.45, 2.75) is 312 Å². The Bertz CT molecular complexity index is 1210. The summed E-state index contributed by atoms with van der Waals surface area (Å²) in [6, 6.07) is -0.829. The minimum atomic E-state index is -1.78. The first-order valence-corrected chi connectivity index (χ1v) is 28.4. The van der Waals surface area contributed by atoms with Crippen molar-refractivity contribution in [1.82, 2.24) is 5.32 Å². The van der Waals surface area contributed by atoms with Crippen LogP contribution < -0.4 is 5.32 Å². The Morgan fingerprint density at radius 1 is 0.507 bits per heavy atom. The van der Waals surface area contributed by atoms with Gasteiger partial charge in [0.15, 0.2) is 12.6 Å². The van der Waals surface area contributed by atoms with Crippen LogP contribution >= 0.6 is 0 Å². The maximum absolute atomic E-state index is 13.2. The molecule has 0 aromatic heterocycles. The Hall–Kier alpha value is -1.27. The molecule has 2 fully saturated rings. The number of hydrogen-bond donors (Lipinski definition) is 9. The van der Waals surface area contributed by atoms with E-state index in [1.54, 1.807) is 0 Å². The summed E-state index contributed by atoms with van der Waals surface area (Å²) < 4.78 is 22.8. The van der Waals surface area contributed by atoms with Crippen molar-refractivity contribution in [1.29, 1.82) is 0 Å². The number of ether oxygens (including phenoxy) is 4. The normalized spacial score (nSPS) is 26.2. The first kappa shape index (κ1) is 63.8. The number of amides is 1. The van der Waals surface area contributed by atoms with Gasteiger partial charge in [0.25, 0.3) is 0 Å². The van der Waals surface area contributed by atoms with Crippen molar-refractivity contribution in [3.05, 3.63) is 12.2 Å². The van der Waals surface area contributed by atoms with Crippen molar-refractivity contribution in [3.63, 3.8) is 0 Å². The maximum Gasteiger partial charge on any atom is 0.220 e. The number of rotatable bonds is 45. The number of allylic oxidation sites excluding steroid dienone is 2. The van der Waals surface area contributed by atoms with Gasteiger partial charge in [-0.1, -0.05) is 206 Å². The Morgan fingerprint density at radius 3 is 1.38 bits per heavy atom. The molecule has 69 heavy (non-hydrogen) atoms. The lowest BCUT2D eigenvalue weighted by molar-refractivity contribution is -0.359. The first-order chi connectivity index (χ1) is 33.6. The molecule has 0 aromatic rings. The highest BCUT2D eigenvalue weighted by Gasteiger charge is 2.51. The number of nitrogens with one attached hydrogen (secondary N) is 1. The Labute approximate surface area is 418 Å².